The van der Waals surface area contributed by atoms with Crippen molar-refractivity contribution in [2.24, 2.45) is 0 Å². The fraction of sp³-hybridized carbons (Fsp3) is 0.200. The van der Waals surface area contributed by atoms with Crippen molar-refractivity contribution in [3.63, 3.8) is 0 Å². The molecule has 4 rings (SSSR count). The van der Waals surface area contributed by atoms with Gasteiger partial charge in [-0.25, -0.2) is 0 Å². The predicted octanol–water partition coefficient (Wildman–Crippen LogP) is 2.78. The Bertz CT molecular complexity index is 841. The van der Waals surface area contributed by atoms with Crippen LogP contribution in [0.25, 0.3) is 0 Å². The van der Waals surface area contributed by atoms with Crippen molar-refractivity contribution in [2.45, 2.75) is 12.6 Å². The van der Waals surface area contributed by atoms with Gasteiger partial charge in [0.25, 0.3) is 5.91 Å². The third-order valence-corrected chi connectivity index (χ3v) is 4.79. The molecule has 1 N–H and O–H groups in total. The van der Waals surface area contributed by atoms with E-state index in [4.69, 9.17) is 0 Å². The third kappa shape index (κ3) is 2.78. The Labute approximate surface area is 146 Å². The lowest BCUT2D eigenvalue weighted by molar-refractivity contribution is -0.132. The lowest BCUT2D eigenvalue weighted by Crippen LogP contribution is -2.60. The monoisotopic (exact) mass is 333 g/mol. The number of nitrogens with one attached hydrogen (secondary N) is 1. The summed E-state index contributed by atoms with van der Waals surface area (Å²) in [5.74, 6) is -0.0304. The number of nitrogens with zero attached hydrogens (tertiary/aromatic N) is 2. The molecule has 0 aliphatic carbocycles. The van der Waals surface area contributed by atoms with Gasteiger partial charge in [0.15, 0.2) is 0 Å². The largest absolute Gasteiger partial charge is 0.356 e. The highest BCUT2D eigenvalue weighted by Crippen LogP contribution is 2.30. The molecular formula is C20H19N3O2. The molecule has 1 saturated heterocycles. The Morgan fingerprint density at radius 2 is 1.88 bits per heavy atom. The summed E-state index contributed by atoms with van der Waals surface area (Å²) in [6.07, 6.45) is 1.32. The van der Waals surface area contributed by atoms with Gasteiger partial charge in [0.2, 0.25) is 5.91 Å². The summed E-state index contributed by atoms with van der Waals surface area (Å²) in [5, 5.41) is 3.32. The van der Waals surface area contributed by atoms with Crippen LogP contribution < -0.4 is 5.32 Å². The highest BCUT2D eigenvalue weighted by molar-refractivity contribution is 6.00. The maximum atomic E-state index is 12.8. The molecule has 0 aromatic heterocycles. The Morgan fingerprint density at radius 3 is 2.60 bits per heavy atom. The minimum absolute atomic E-state index is 0.0439. The van der Waals surface area contributed by atoms with Crippen molar-refractivity contribution >= 4 is 23.2 Å². The number of hydrogen-bond donors (Lipinski definition) is 1. The standard InChI is InChI=1S/C20H19N3O2/c1-2-19(24)22-12-17(13-22)23-11-14-8-9-16(10-18(14)20(23)25)21-15-6-4-3-5-7-15/h2-10,17,21H,1,11-13H2. The van der Waals surface area contributed by atoms with Gasteiger partial charge in [-0.2, -0.15) is 0 Å². The maximum Gasteiger partial charge on any atom is 0.254 e. The summed E-state index contributed by atoms with van der Waals surface area (Å²) >= 11 is 0. The zero-order chi connectivity index (χ0) is 17.4. The topological polar surface area (TPSA) is 52.7 Å². The zero-order valence-corrected chi connectivity index (χ0v) is 13.8. The van der Waals surface area contributed by atoms with Crippen LogP contribution in [0.2, 0.25) is 0 Å². The first kappa shape index (κ1) is 15.4. The number of hydrogen-bond acceptors (Lipinski definition) is 3. The van der Waals surface area contributed by atoms with Gasteiger partial charge in [0.05, 0.1) is 6.04 Å². The number of benzene rings is 2. The number of likely N-dealkylation sites (tertiary alicyclic amines) is 1. The number of anilines is 2. The van der Waals surface area contributed by atoms with Gasteiger partial charge in [0, 0.05) is 36.6 Å². The first-order valence-electron chi connectivity index (χ1n) is 8.33. The van der Waals surface area contributed by atoms with Crippen LogP contribution >= 0.6 is 0 Å². The van der Waals surface area contributed by atoms with Crippen molar-refractivity contribution in [3.05, 3.63) is 72.3 Å². The lowest BCUT2D eigenvalue weighted by atomic mass is 10.1. The van der Waals surface area contributed by atoms with E-state index < -0.39 is 0 Å². The highest BCUT2D eigenvalue weighted by atomic mass is 16.2. The first-order valence-corrected chi connectivity index (χ1v) is 8.33. The molecule has 5 nitrogen and oxygen atoms in total. The van der Waals surface area contributed by atoms with Crippen LogP contribution in [-0.2, 0) is 11.3 Å². The minimum Gasteiger partial charge on any atom is -0.356 e. The first-order chi connectivity index (χ1) is 12.2. The molecule has 0 bridgehead atoms. The summed E-state index contributed by atoms with van der Waals surface area (Å²) in [7, 11) is 0. The third-order valence-electron chi connectivity index (χ3n) is 4.79. The van der Waals surface area contributed by atoms with E-state index in [2.05, 4.69) is 11.9 Å². The number of fused-ring (bicyclic) bond motifs is 1. The van der Waals surface area contributed by atoms with Crippen LogP contribution in [0.3, 0.4) is 0 Å². The van der Waals surface area contributed by atoms with Gasteiger partial charge < -0.3 is 15.1 Å². The SMILES string of the molecule is C=CC(=O)N1CC(N2Cc3ccc(Nc4ccccc4)cc3C2=O)C1. The summed E-state index contributed by atoms with van der Waals surface area (Å²) in [6.45, 7) is 5.28. The van der Waals surface area contributed by atoms with Gasteiger partial charge in [-0.05, 0) is 35.9 Å². The van der Waals surface area contributed by atoms with E-state index in [1.165, 1.54) is 6.08 Å². The molecule has 2 aliphatic heterocycles. The Balaban J connectivity index is 1.47. The fourth-order valence-electron chi connectivity index (χ4n) is 3.35. The highest BCUT2D eigenvalue weighted by Gasteiger charge is 2.40. The van der Waals surface area contributed by atoms with Crippen molar-refractivity contribution in [1.82, 2.24) is 9.80 Å². The van der Waals surface area contributed by atoms with E-state index in [0.29, 0.717) is 19.6 Å². The lowest BCUT2D eigenvalue weighted by Gasteiger charge is -2.43. The second-order valence-electron chi connectivity index (χ2n) is 6.40. The molecule has 2 aromatic carbocycles. The molecule has 0 radical (unpaired) electrons. The number of carbonyl (C=O) groups excluding carboxylic acids is 2. The predicted molar refractivity (Wildman–Crippen MR) is 96.6 cm³/mol. The van der Waals surface area contributed by atoms with E-state index in [1.54, 1.807) is 4.90 Å². The number of amides is 2. The molecule has 2 heterocycles. The van der Waals surface area contributed by atoms with Gasteiger partial charge in [0.1, 0.15) is 0 Å². The van der Waals surface area contributed by atoms with Crippen LogP contribution in [0.4, 0.5) is 11.4 Å². The Morgan fingerprint density at radius 1 is 1.12 bits per heavy atom. The van der Waals surface area contributed by atoms with Gasteiger partial charge in [-0.3, -0.25) is 9.59 Å². The van der Waals surface area contributed by atoms with Gasteiger partial charge in [-0.1, -0.05) is 30.8 Å². The molecule has 5 heteroatoms. The van der Waals surface area contributed by atoms with Crippen molar-refractivity contribution in [1.29, 1.82) is 0 Å². The van der Waals surface area contributed by atoms with Crippen molar-refractivity contribution in [2.75, 3.05) is 18.4 Å². The van der Waals surface area contributed by atoms with E-state index in [9.17, 15) is 9.59 Å². The molecule has 2 amide bonds. The van der Waals surface area contributed by atoms with Gasteiger partial charge >= 0.3 is 0 Å². The molecule has 25 heavy (non-hydrogen) atoms. The molecule has 126 valence electrons. The van der Waals surface area contributed by atoms with Crippen LogP contribution in [-0.4, -0.2) is 40.7 Å². The van der Waals surface area contributed by atoms with Crippen LogP contribution in [0.1, 0.15) is 15.9 Å². The average molecular weight is 333 g/mol. The molecule has 0 spiro atoms. The Kier molecular flexibility index (Phi) is 3.76. The molecule has 2 aliphatic rings. The number of rotatable bonds is 4. The second kappa shape index (κ2) is 6.09. The molecular weight excluding hydrogens is 314 g/mol. The van der Waals surface area contributed by atoms with Gasteiger partial charge in [-0.15, -0.1) is 0 Å². The molecule has 0 atom stereocenters. The minimum atomic E-state index is -0.0743. The normalized spacial score (nSPS) is 16.4. The molecule has 2 aromatic rings. The number of para-hydroxylation sites is 1. The smallest absolute Gasteiger partial charge is 0.254 e. The van der Waals surface area contributed by atoms with Crippen LogP contribution in [0.15, 0.2) is 61.2 Å². The molecule has 0 unspecified atom stereocenters. The fourth-order valence-corrected chi connectivity index (χ4v) is 3.35. The van der Waals surface area contributed by atoms with Crippen molar-refractivity contribution in [3.8, 4) is 0 Å². The van der Waals surface area contributed by atoms with E-state index in [1.807, 2.05) is 53.4 Å². The molecule has 1 fully saturated rings. The number of carbonyl (C=O) groups is 2. The Hall–Kier alpha value is -3.08. The van der Waals surface area contributed by atoms with E-state index >= 15 is 0 Å². The summed E-state index contributed by atoms with van der Waals surface area (Å²) in [6, 6.07) is 15.9. The van der Waals surface area contributed by atoms with E-state index in [0.717, 1.165) is 22.5 Å². The second-order valence-corrected chi connectivity index (χ2v) is 6.40. The van der Waals surface area contributed by atoms with Crippen molar-refractivity contribution < 1.29 is 9.59 Å². The van der Waals surface area contributed by atoms with Crippen LogP contribution in [0.5, 0.6) is 0 Å². The summed E-state index contributed by atoms with van der Waals surface area (Å²) in [5.41, 5.74) is 3.67. The maximum absolute atomic E-state index is 12.8. The summed E-state index contributed by atoms with van der Waals surface area (Å²) in [4.78, 5) is 27.9. The van der Waals surface area contributed by atoms with E-state index in [-0.39, 0.29) is 17.9 Å². The zero-order valence-electron chi connectivity index (χ0n) is 13.8. The molecule has 0 saturated carbocycles. The van der Waals surface area contributed by atoms with Crippen LogP contribution in [0, 0.1) is 0 Å². The summed E-state index contributed by atoms with van der Waals surface area (Å²) < 4.78 is 0. The average Bonchev–Trinajstić information content (AvgIpc) is 2.91. The quantitative estimate of drug-likeness (QED) is 0.876.